The van der Waals surface area contributed by atoms with Crippen molar-refractivity contribution in [2.24, 2.45) is 0 Å². The van der Waals surface area contributed by atoms with Gasteiger partial charge in [0.25, 0.3) is 0 Å². The zero-order chi connectivity index (χ0) is 20.8. The molecule has 29 heavy (non-hydrogen) atoms. The van der Waals surface area contributed by atoms with E-state index >= 15 is 0 Å². The Hall–Kier alpha value is -3.02. The van der Waals surface area contributed by atoms with Crippen LogP contribution in [0.15, 0.2) is 42.5 Å². The molecule has 3 rings (SSSR count). The molecule has 0 aromatic heterocycles. The zero-order valence-electron chi connectivity index (χ0n) is 17.4. The van der Waals surface area contributed by atoms with E-state index in [0.717, 1.165) is 31.9 Å². The number of nitrogens with one attached hydrogen (secondary N) is 1. The lowest BCUT2D eigenvalue weighted by Crippen LogP contribution is -2.49. The van der Waals surface area contributed by atoms with Crippen LogP contribution in [0.5, 0.6) is 0 Å². The molecular weight excluding hydrogens is 366 g/mol. The van der Waals surface area contributed by atoms with Crippen LogP contribution >= 0.6 is 0 Å². The fourth-order valence-electron chi connectivity index (χ4n) is 3.62. The van der Waals surface area contributed by atoms with Crippen molar-refractivity contribution in [3.05, 3.63) is 59.2 Å². The largest absolute Gasteiger partial charge is 0.465 e. The lowest BCUT2D eigenvalue weighted by molar-refractivity contribution is -0.131. The van der Waals surface area contributed by atoms with Crippen molar-refractivity contribution < 1.29 is 14.3 Å². The predicted octanol–water partition coefficient (Wildman–Crippen LogP) is 3.24. The van der Waals surface area contributed by atoms with E-state index in [2.05, 4.69) is 42.3 Å². The van der Waals surface area contributed by atoms with Crippen molar-refractivity contribution >= 4 is 23.3 Å². The second-order valence-corrected chi connectivity index (χ2v) is 7.34. The number of esters is 1. The van der Waals surface area contributed by atoms with Crippen LogP contribution in [0.25, 0.3) is 0 Å². The first-order chi connectivity index (χ1) is 14.0. The van der Waals surface area contributed by atoms with Gasteiger partial charge in [-0.1, -0.05) is 18.2 Å². The first-order valence-corrected chi connectivity index (χ1v) is 10.0. The lowest BCUT2D eigenvalue weighted by Gasteiger charge is -2.37. The maximum absolute atomic E-state index is 12.6. The monoisotopic (exact) mass is 395 g/mol. The number of carbonyl (C=O) groups is 2. The Kier molecular flexibility index (Phi) is 6.75. The van der Waals surface area contributed by atoms with Gasteiger partial charge in [0.15, 0.2) is 0 Å². The van der Waals surface area contributed by atoms with Gasteiger partial charge in [-0.2, -0.15) is 0 Å². The predicted molar refractivity (Wildman–Crippen MR) is 116 cm³/mol. The molecule has 2 aromatic carbocycles. The Balaban J connectivity index is 1.47. The lowest BCUT2D eigenvalue weighted by atomic mass is 10.1. The number of hydrogen-bond acceptors (Lipinski definition) is 5. The number of benzene rings is 2. The summed E-state index contributed by atoms with van der Waals surface area (Å²) in [4.78, 5) is 28.5. The number of ether oxygens (including phenoxy) is 1. The van der Waals surface area contributed by atoms with E-state index in [0.29, 0.717) is 18.5 Å². The molecule has 6 nitrogen and oxygen atoms in total. The molecule has 0 bridgehead atoms. The number of hydrogen-bond donors (Lipinski definition) is 1. The number of piperazine rings is 1. The van der Waals surface area contributed by atoms with E-state index in [4.69, 9.17) is 4.74 Å². The van der Waals surface area contributed by atoms with Crippen molar-refractivity contribution in [1.29, 1.82) is 0 Å². The zero-order valence-corrected chi connectivity index (χ0v) is 17.4. The van der Waals surface area contributed by atoms with Gasteiger partial charge >= 0.3 is 5.97 Å². The average molecular weight is 396 g/mol. The highest BCUT2D eigenvalue weighted by atomic mass is 16.5. The normalized spacial score (nSPS) is 13.9. The van der Waals surface area contributed by atoms with Crippen molar-refractivity contribution in [3.63, 3.8) is 0 Å². The van der Waals surface area contributed by atoms with E-state index < -0.39 is 0 Å². The second-order valence-electron chi connectivity index (χ2n) is 7.34. The third-order valence-corrected chi connectivity index (χ3v) is 5.50. The van der Waals surface area contributed by atoms with E-state index in [1.54, 1.807) is 18.2 Å². The van der Waals surface area contributed by atoms with Crippen LogP contribution in [0.1, 0.15) is 27.9 Å². The van der Waals surface area contributed by atoms with Gasteiger partial charge in [0, 0.05) is 50.5 Å². The molecule has 0 aliphatic carbocycles. The van der Waals surface area contributed by atoms with Crippen LogP contribution in [-0.2, 0) is 9.53 Å². The summed E-state index contributed by atoms with van der Waals surface area (Å²) in [5, 5.41) is 3.22. The third-order valence-electron chi connectivity index (χ3n) is 5.50. The Morgan fingerprint density at radius 2 is 1.76 bits per heavy atom. The number of methoxy groups -OCH3 is 1. The van der Waals surface area contributed by atoms with E-state index in [1.807, 2.05) is 11.0 Å². The number of carbonyl (C=O) groups excluding carboxylic acids is 2. The fourth-order valence-corrected chi connectivity index (χ4v) is 3.62. The van der Waals surface area contributed by atoms with Crippen molar-refractivity contribution in [1.82, 2.24) is 4.90 Å². The average Bonchev–Trinajstić information content (AvgIpc) is 2.75. The minimum Gasteiger partial charge on any atom is -0.465 e. The highest BCUT2D eigenvalue weighted by molar-refractivity contribution is 5.90. The molecule has 1 aliphatic heterocycles. The maximum Gasteiger partial charge on any atom is 0.337 e. The molecule has 2 aromatic rings. The van der Waals surface area contributed by atoms with Gasteiger partial charge in [0.2, 0.25) is 5.91 Å². The van der Waals surface area contributed by atoms with E-state index in [9.17, 15) is 9.59 Å². The highest BCUT2D eigenvalue weighted by Gasteiger charge is 2.22. The van der Waals surface area contributed by atoms with Crippen LogP contribution < -0.4 is 10.2 Å². The smallest absolute Gasteiger partial charge is 0.337 e. The Morgan fingerprint density at radius 1 is 1.03 bits per heavy atom. The van der Waals surface area contributed by atoms with Crippen molar-refractivity contribution in [3.8, 4) is 0 Å². The van der Waals surface area contributed by atoms with Crippen LogP contribution in [-0.4, -0.2) is 56.6 Å². The maximum atomic E-state index is 12.6. The fraction of sp³-hybridized carbons (Fsp3) is 0.391. The number of rotatable bonds is 6. The summed E-state index contributed by atoms with van der Waals surface area (Å²) in [5.41, 5.74) is 5.17. The highest BCUT2D eigenvalue weighted by Crippen LogP contribution is 2.24. The van der Waals surface area contributed by atoms with Crippen molar-refractivity contribution in [2.75, 3.05) is 50.1 Å². The number of aryl methyl sites for hydroxylation is 1. The minimum absolute atomic E-state index is 0.155. The third kappa shape index (κ3) is 5.08. The number of nitrogens with zero attached hydrogens (tertiary/aromatic N) is 2. The van der Waals surface area contributed by atoms with Crippen molar-refractivity contribution in [2.45, 2.75) is 20.3 Å². The Labute approximate surface area is 172 Å². The van der Waals surface area contributed by atoms with E-state index in [1.165, 1.54) is 23.9 Å². The molecule has 1 fully saturated rings. The summed E-state index contributed by atoms with van der Waals surface area (Å²) in [7, 11) is 1.36. The first-order valence-electron chi connectivity index (χ1n) is 10.0. The van der Waals surface area contributed by atoms with Gasteiger partial charge in [-0.15, -0.1) is 0 Å². The topological polar surface area (TPSA) is 61.9 Å². The van der Waals surface area contributed by atoms with Crippen LogP contribution in [0.4, 0.5) is 11.4 Å². The summed E-state index contributed by atoms with van der Waals surface area (Å²) >= 11 is 0. The Morgan fingerprint density at radius 3 is 2.48 bits per heavy atom. The molecule has 0 atom stereocenters. The molecule has 1 N–H and O–H groups in total. The number of amides is 1. The molecule has 0 saturated carbocycles. The molecule has 0 spiro atoms. The molecule has 1 saturated heterocycles. The Bertz CT molecular complexity index is 873. The summed E-state index contributed by atoms with van der Waals surface area (Å²) in [6, 6.07) is 13.5. The standard InChI is InChI=1S/C23H29N3O3/c1-17-6-4-9-21(18(17)2)25-12-14-26(15-13-25)22(27)10-11-24-20-8-5-7-19(16-20)23(28)29-3/h4-9,16,24H,10-15H2,1-3H3. The van der Waals surface area contributed by atoms with Gasteiger partial charge in [-0.05, 0) is 49.2 Å². The van der Waals surface area contributed by atoms with Gasteiger partial charge in [-0.25, -0.2) is 4.79 Å². The molecule has 154 valence electrons. The summed E-state index contributed by atoms with van der Waals surface area (Å²) in [6.45, 7) is 8.00. The summed E-state index contributed by atoms with van der Waals surface area (Å²) < 4.78 is 4.74. The van der Waals surface area contributed by atoms with Crippen LogP contribution in [0, 0.1) is 13.8 Å². The van der Waals surface area contributed by atoms with E-state index in [-0.39, 0.29) is 11.9 Å². The molecule has 1 amide bonds. The second kappa shape index (κ2) is 9.45. The molecule has 0 unspecified atom stereocenters. The van der Waals surface area contributed by atoms with Crippen LogP contribution in [0.3, 0.4) is 0 Å². The van der Waals surface area contributed by atoms with Gasteiger partial charge in [0.1, 0.15) is 0 Å². The van der Waals surface area contributed by atoms with Crippen LogP contribution in [0.2, 0.25) is 0 Å². The summed E-state index contributed by atoms with van der Waals surface area (Å²) in [6.07, 6.45) is 0.423. The summed E-state index contributed by atoms with van der Waals surface area (Å²) in [5.74, 6) is -0.214. The molecule has 0 radical (unpaired) electrons. The molecule has 1 aliphatic rings. The number of anilines is 2. The van der Waals surface area contributed by atoms with Gasteiger partial charge in [0.05, 0.1) is 12.7 Å². The van der Waals surface area contributed by atoms with Gasteiger partial charge < -0.3 is 19.9 Å². The quantitative estimate of drug-likeness (QED) is 0.761. The molecular formula is C23H29N3O3. The van der Waals surface area contributed by atoms with Gasteiger partial charge in [-0.3, -0.25) is 4.79 Å². The molecule has 6 heteroatoms. The SMILES string of the molecule is COC(=O)c1cccc(NCCC(=O)N2CCN(c3cccc(C)c3C)CC2)c1. The first kappa shape index (κ1) is 20.7. The minimum atomic E-state index is -0.369. The molecule has 1 heterocycles.